The Bertz CT molecular complexity index is 580. The van der Waals surface area contributed by atoms with Gasteiger partial charge in [-0.1, -0.05) is 0 Å². The normalized spacial score (nSPS) is 10.9. The van der Waals surface area contributed by atoms with Crippen molar-refractivity contribution in [1.82, 2.24) is 24.5 Å². The lowest BCUT2D eigenvalue weighted by Gasteiger charge is -2.17. The van der Waals surface area contributed by atoms with Crippen LogP contribution in [0.1, 0.15) is 13.8 Å². The molecule has 0 aliphatic heterocycles. The lowest BCUT2D eigenvalue weighted by Crippen LogP contribution is -2.30. The predicted octanol–water partition coefficient (Wildman–Crippen LogP) is 0.354. The molecule has 0 atom stereocenters. The number of nitrogens with two attached hydrogens (primary N) is 1. The number of anilines is 2. The van der Waals surface area contributed by atoms with Gasteiger partial charge in [0.1, 0.15) is 11.9 Å². The van der Waals surface area contributed by atoms with Crippen LogP contribution in [-0.4, -0.2) is 30.0 Å². The number of nitrogens with one attached hydrogen (secondary N) is 1. The second-order valence-electron chi connectivity index (χ2n) is 4.15. The number of hydrogen-bond donors (Lipinski definition) is 2. The van der Waals surface area contributed by atoms with E-state index in [4.69, 9.17) is 11.0 Å². The van der Waals surface area contributed by atoms with E-state index in [9.17, 15) is 0 Å². The molecule has 0 aliphatic carbocycles. The summed E-state index contributed by atoms with van der Waals surface area (Å²) in [5.74, 6) is 0.666. The van der Waals surface area contributed by atoms with Crippen molar-refractivity contribution in [3.05, 3.63) is 18.7 Å². The van der Waals surface area contributed by atoms with Gasteiger partial charge in [-0.15, -0.1) is 0 Å². The third-order valence-electron chi connectivity index (χ3n) is 2.08. The Labute approximate surface area is 104 Å². The topological polar surface area (TPSA) is 118 Å². The van der Waals surface area contributed by atoms with E-state index in [-0.39, 0.29) is 11.9 Å². The van der Waals surface area contributed by atoms with Crippen LogP contribution in [-0.2, 0) is 0 Å². The second kappa shape index (κ2) is 4.29. The number of rotatable bonds is 3. The van der Waals surface area contributed by atoms with Gasteiger partial charge in [-0.05, 0) is 13.8 Å². The van der Waals surface area contributed by atoms with Gasteiger partial charge in [-0.25, -0.2) is 4.98 Å². The van der Waals surface area contributed by atoms with E-state index in [0.717, 1.165) is 0 Å². The summed E-state index contributed by atoms with van der Waals surface area (Å²) in [6.45, 7) is 3.42. The third-order valence-corrected chi connectivity index (χ3v) is 2.08. The molecular formula is C10H12N8. The van der Waals surface area contributed by atoms with Crippen LogP contribution in [0, 0.1) is 11.3 Å². The highest BCUT2D eigenvalue weighted by molar-refractivity contribution is 5.39. The summed E-state index contributed by atoms with van der Waals surface area (Å²) in [7, 11) is 0. The van der Waals surface area contributed by atoms with Crippen molar-refractivity contribution in [2.45, 2.75) is 19.4 Å². The number of aromatic nitrogens is 5. The van der Waals surface area contributed by atoms with Gasteiger partial charge in [0, 0.05) is 12.4 Å². The SMILES string of the molecule is CC(C)(C#N)Nc1nc(N)nc(-n2ccnc2)n1. The number of imidazole rings is 1. The molecule has 0 bridgehead atoms. The summed E-state index contributed by atoms with van der Waals surface area (Å²) in [6, 6.07) is 2.09. The van der Waals surface area contributed by atoms with E-state index in [1.807, 2.05) is 0 Å². The molecule has 0 saturated heterocycles. The van der Waals surface area contributed by atoms with Gasteiger partial charge in [0.15, 0.2) is 0 Å². The molecule has 0 saturated carbocycles. The van der Waals surface area contributed by atoms with Crippen LogP contribution in [0.5, 0.6) is 0 Å². The van der Waals surface area contributed by atoms with Crippen LogP contribution in [0.2, 0.25) is 0 Å². The minimum atomic E-state index is -0.792. The van der Waals surface area contributed by atoms with E-state index in [0.29, 0.717) is 5.95 Å². The van der Waals surface area contributed by atoms with Crippen LogP contribution in [0.3, 0.4) is 0 Å². The fourth-order valence-electron chi connectivity index (χ4n) is 1.24. The Morgan fingerprint density at radius 1 is 1.39 bits per heavy atom. The number of hydrogen-bond acceptors (Lipinski definition) is 7. The van der Waals surface area contributed by atoms with E-state index in [1.54, 1.807) is 37.1 Å². The molecule has 18 heavy (non-hydrogen) atoms. The predicted molar refractivity (Wildman–Crippen MR) is 64.7 cm³/mol. The van der Waals surface area contributed by atoms with Crippen LogP contribution in [0.4, 0.5) is 11.9 Å². The summed E-state index contributed by atoms with van der Waals surface area (Å²) in [4.78, 5) is 16.0. The number of nitrogen functional groups attached to an aromatic ring is 1. The average Bonchev–Trinajstić information content (AvgIpc) is 2.81. The molecule has 0 spiro atoms. The van der Waals surface area contributed by atoms with Gasteiger partial charge in [-0.2, -0.15) is 20.2 Å². The first-order valence-electron chi connectivity index (χ1n) is 5.19. The lowest BCUT2D eigenvalue weighted by molar-refractivity contribution is 0.713. The van der Waals surface area contributed by atoms with Crippen molar-refractivity contribution >= 4 is 11.9 Å². The van der Waals surface area contributed by atoms with Gasteiger partial charge >= 0.3 is 0 Å². The maximum atomic E-state index is 8.95. The van der Waals surface area contributed by atoms with E-state index in [1.165, 1.54) is 0 Å². The minimum Gasteiger partial charge on any atom is -0.368 e. The van der Waals surface area contributed by atoms with Crippen molar-refractivity contribution in [2.24, 2.45) is 0 Å². The molecule has 3 N–H and O–H groups in total. The van der Waals surface area contributed by atoms with E-state index < -0.39 is 5.54 Å². The monoisotopic (exact) mass is 244 g/mol. The van der Waals surface area contributed by atoms with Gasteiger partial charge in [-0.3, -0.25) is 4.57 Å². The molecule has 2 rings (SSSR count). The Balaban J connectivity index is 2.37. The van der Waals surface area contributed by atoms with E-state index in [2.05, 4.69) is 31.3 Å². The number of nitrogens with zero attached hydrogens (tertiary/aromatic N) is 6. The Morgan fingerprint density at radius 2 is 2.17 bits per heavy atom. The first-order chi connectivity index (χ1) is 8.50. The molecule has 0 aromatic carbocycles. The van der Waals surface area contributed by atoms with Crippen molar-refractivity contribution in [3.63, 3.8) is 0 Å². The molecule has 0 aliphatic rings. The molecule has 2 aromatic heterocycles. The second-order valence-corrected chi connectivity index (χ2v) is 4.15. The molecule has 2 heterocycles. The highest BCUT2D eigenvalue weighted by atomic mass is 15.3. The molecule has 0 unspecified atom stereocenters. The molecule has 8 heteroatoms. The van der Waals surface area contributed by atoms with Crippen molar-refractivity contribution in [3.8, 4) is 12.0 Å². The Hall–Kier alpha value is -2.69. The summed E-state index contributed by atoms with van der Waals surface area (Å²) in [5.41, 5.74) is 4.82. The van der Waals surface area contributed by atoms with Crippen LogP contribution < -0.4 is 11.1 Å². The molecule has 2 aromatic rings. The standard InChI is InChI=1S/C10H12N8/c1-10(2,5-11)17-8-14-7(12)15-9(16-8)18-4-3-13-6-18/h3-4,6H,1-2H3,(H3,12,14,15,16,17). The van der Waals surface area contributed by atoms with E-state index >= 15 is 0 Å². The molecule has 0 fully saturated rings. The summed E-state index contributed by atoms with van der Waals surface area (Å²) in [6.07, 6.45) is 4.84. The molecule has 92 valence electrons. The zero-order chi connectivity index (χ0) is 13.2. The Kier molecular flexibility index (Phi) is 2.81. The number of nitriles is 1. The minimum absolute atomic E-state index is 0.0740. The summed E-state index contributed by atoms with van der Waals surface area (Å²) < 4.78 is 1.60. The first kappa shape index (κ1) is 11.8. The van der Waals surface area contributed by atoms with Crippen molar-refractivity contribution < 1.29 is 0 Å². The highest BCUT2D eigenvalue weighted by Crippen LogP contribution is 2.12. The largest absolute Gasteiger partial charge is 0.368 e. The molecular weight excluding hydrogens is 232 g/mol. The van der Waals surface area contributed by atoms with Crippen molar-refractivity contribution in [1.29, 1.82) is 5.26 Å². The maximum Gasteiger partial charge on any atom is 0.241 e. The quantitative estimate of drug-likeness (QED) is 0.799. The fraction of sp³-hybridized carbons (Fsp3) is 0.300. The molecule has 8 nitrogen and oxygen atoms in total. The first-order valence-corrected chi connectivity index (χ1v) is 5.19. The zero-order valence-electron chi connectivity index (χ0n) is 9.99. The van der Waals surface area contributed by atoms with Gasteiger partial charge < -0.3 is 11.1 Å². The van der Waals surface area contributed by atoms with Gasteiger partial charge in [0.05, 0.1) is 6.07 Å². The zero-order valence-corrected chi connectivity index (χ0v) is 9.99. The average molecular weight is 244 g/mol. The van der Waals surface area contributed by atoms with Gasteiger partial charge in [0.2, 0.25) is 17.8 Å². The Morgan fingerprint density at radius 3 is 2.78 bits per heavy atom. The van der Waals surface area contributed by atoms with Gasteiger partial charge in [0.25, 0.3) is 0 Å². The highest BCUT2D eigenvalue weighted by Gasteiger charge is 2.18. The smallest absolute Gasteiger partial charge is 0.241 e. The maximum absolute atomic E-state index is 8.95. The summed E-state index contributed by atoms with van der Waals surface area (Å²) >= 11 is 0. The molecule has 0 amide bonds. The van der Waals surface area contributed by atoms with Crippen LogP contribution in [0.15, 0.2) is 18.7 Å². The fourth-order valence-corrected chi connectivity index (χ4v) is 1.24. The van der Waals surface area contributed by atoms with Crippen LogP contribution in [0.25, 0.3) is 5.95 Å². The molecule has 0 radical (unpaired) electrons. The third kappa shape index (κ3) is 2.52. The lowest BCUT2D eigenvalue weighted by atomic mass is 10.1. The van der Waals surface area contributed by atoms with Crippen LogP contribution >= 0.6 is 0 Å². The van der Waals surface area contributed by atoms with Crippen molar-refractivity contribution in [2.75, 3.05) is 11.1 Å². The summed E-state index contributed by atoms with van der Waals surface area (Å²) in [5, 5.41) is 11.8.